The van der Waals surface area contributed by atoms with Crippen molar-refractivity contribution in [2.75, 3.05) is 30.3 Å². The monoisotopic (exact) mass is 775 g/mol. The summed E-state index contributed by atoms with van der Waals surface area (Å²) in [5.41, 5.74) is 6.08. The number of hydrogen-bond donors (Lipinski definition) is 4. The van der Waals surface area contributed by atoms with Crippen LogP contribution in [0.1, 0.15) is 59.7 Å². The SMILES string of the molecule is CCCN(CC(O)Nc1ccc(-c2[nH]c3ccc(NC(=O)C4CCCCN4C(=O)Cc4ccccc4)cc3c2C(=O)c2ccccc2)cc1)C(=O)Cc1ccccc1. The van der Waals surface area contributed by atoms with Gasteiger partial charge in [-0.2, -0.15) is 0 Å². The second-order valence-electron chi connectivity index (χ2n) is 14.8. The van der Waals surface area contributed by atoms with Crippen molar-refractivity contribution >= 4 is 45.8 Å². The summed E-state index contributed by atoms with van der Waals surface area (Å²) in [4.78, 5) is 61.4. The fourth-order valence-corrected chi connectivity index (χ4v) is 7.71. The van der Waals surface area contributed by atoms with Crippen LogP contribution in [-0.2, 0) is 27.2 Å². The van der Waals surface area contributed by atoms with E-state index in [-0.39, 0.29) is 42.9 Å². The fraction of sp³-hybridized carbons (Fsp3) is 0.250. The molecule has 1 aliphatic heterocycles. The molecule has 2 atom stereocenters. The number of likely N-dealkylation sites (tertiary alicyclic amines) is 1. The van der Waals surface area contributed by atoms with Gasteiger partial charge in [-0.3, -0.25) is 19.2 Å². The van der Waals surface area contributed by atoms with E-state index in [2.05, 4.69) is 15.6 Å². The molecule has 4 N–H and O–H groups in total. The molecule has 6 aromatic rings. The van der Waals surface area contributed by atoms with Crippen molar-refractivity contribution < 1.29 is 24.3 Å². The van der Waals surface area contributed by atoms with Crippen molar-refractivity contribution in [1.29, 1.82) is 0 Å². The van der Waals surface area contributed by atoms with Crippen LogP contribution in [-0.4, -0.2) is 75.3 Å². The highest BCUT2D eigenvalue weighted by Gasteiger charge is 2.32. The van der Waals surface area contributed by atoms with Gasteiger partial charge in [-0.05, 0) is 72.7 Å². The molecule has 10 heteroatoms. The molecule has 5 aromatic carbocycles. The first-order valence-electron chi connectivity index (χ1n) is 20.0. The first-order valence-corrected chi connectivity index (χ1v) is 20.0. The summed E-state index contributed by atoms with van der Waals surface area (Å²) in [6.07, 6.45) is 2.53. The number of anilines is 2. The maximum Gasteiger partial charge on any atom is 0.247 e. The lowest BCUT2D eigenvalue weighted by molar-refractivity contribution is -0.139. The average Bonchev–Trinajstić information content (AvgIpc) is 3.63. The molecule has 1 aliphatic rings. The molecule has 1 aromatic heterocycles. The summed E-state index contributed by atoms with van der Waals surface area (Å²) in [6.45, 7) is 3.18. The minimum Gasteiger partial charge on any atom is -0.372 e. The number of aliphatic hydroxyl groups is 1. The summed E-state index contributed by atoms with van der Waals surface area (Å²) < 4.78 is 0. The number of rotatable bonds is 15. The molecular formula is C48H49N5O5. The maximum absolute atomic E-state index is 14.3. The van der Waals surface area contributed by atoms with Gasteiger partial charge in [-0.15, -0.1) is 0 Å². The van der Waals surface area contributed by atoms with E-state index in [9.17, 15) is 24.3 Å². The van der Waals surface area contributed by atoms with Gasteiger partial charge in [-0.25, -0.2) is 0 Å². The van der Waals surface area contributed by atoms with E-state index in [0.717, 1.165) is 41.5 Å². The number of aromatic nitrogens is 1. The molecule has 0 bridgehead atoms. The van der Waals surface area contributed by atoms with Crippen molar-refractivity contribution in [3.63, 3.8) is 0 Å². The lowest BCUT2D eigenvalue weighted by atomic mass is 9.96. The van der Waals surface area contributed by atoms with E-state index in [1.807, 2.05) is 122 Å². The summed E-state index contributed by atoms with van der Waals surface area (Å²) in [5.74, 6) is -0.554. The second kappa shape index (κ2) is 18.6. The molecule has 0 aliphatic carbocycles. The van der Waals surface area contributed by atoms with Crippen molar-refractivity contribution in [3.05, 3.63) is 156 Å². The number of fused-ring (bicyclic) bond motifs is 1. The smallest absolute Gasteiger partial charge is 0.247 e. The lowest BCUT2D eigenvalue weighted by Crippen LogP contribution is -2.50. The van der Waals surface area contributed by atoms with Crippen molar-refractivity contribution in [2.45, 2.75) is 57.7 Å². The Morgan fingerprint density at radius 3 is 2.10 bits per heavy atom. The Morgan fingerprint density at radius 2 is 1.43 bits per heavy atom. The normalized spacial score (nSPS) is 14.4. The number of aromatic amines is 1. The topological polar surface area (TPSA) is 135 Å². The van der Waals surface area contributed by atoms with E-state index in [1.54, 1.807) is 28.0 Å². The molecule has 296 valence electrons. The highest BCUT2D eigenvalue weighted by atomic mass is 16.3. The Balaban J connectivity index is 1.10. The summed E-state index contributed by atoms with van der Waals surface area (Å²) in [7, 11) is 0. The molecule has 58 heavy (non-hydrogen) atoms. The highest BCUT2D eigenvalue weighted by molar-refractivity contribution is 6.21. The van der Waals surface area contributed by atoms with Gasteiger partial charge in [0.2, 0.25) is 17.7 Å². The average molecular weight is 776 g/mol. The molecule has 2 heterocycles. The molecular weight excluding hydrogens is 727 g/mol. The van der Waals surface area contributed by atoms with Gasteiger partial charge in [0.25, 0.3) is 0 Å². The Bertz CT molecular complexity index is 2350. The van der Waals surface area contributed by atoms with Crippen LogP contribution in [0, 0.1) is 0 Å². The van der Waals surface area contributed by atoms with Gasteiger partial charge >= 0.3 is 0 Å². The van der Waals surface area contributed by atoms with Gasteiger partial charge in [0.1, 0.15) is 12.3 Å². The van der Waals surface area contributed by atoms with Crippen molar-refractivity contribution in [1.82, 2.24) is 14.8 Å². The first-order chi connectivity index (χ1) is 28.3. The zero-order chi connectivity index (χ0) is 40.4. The number of carbonyl (C=O) groups is 4. The molecule has 0 radical (unpaired) electrons. The Morgan fingerprint density at radius 1 is 0.793 bits per heavy atom. The molecule has 0 saturated carbocycles. The largest absolute Gasteiger partial charge is 0.372 e. The van der Waals surface area contributed by atoms with E-state index in [0.29, 0.717) is 53.1 Å². The minimum absolute atomic E-state index is 0.0497. The number of ketones is 1. The van der Waals surface area contributed by atoms with Crippen molar-refractivity contribution in [3.8, 4) is 11.3 Å². The quantitative estimate of drug-likeness (QED) is 0.0621. The third-order valence-corrected chi connectivity index (χ3v) is 10.6. The molecule has 0 spiro atoms. The molecule has 2 unspecified atom stereocenters. The zero-order valence-electron chi connectivity index (χ0n) is 32.7. The lowest BCUT2D eigenvalue weighted by Gasteiger charge is -2.35. The van der Waals surface area contributed by atoms with Crippen LogP contribution in [0.3, 0.4) is 0 Å². The number of nitrogens with zero attached hydrogens (tertiary/aromatic N) is 2. The second-order valence-corrected chi connectivity index (χ2v) is 14.8. The van der Waals surface area contributed by atoms with E-state index < -0.39 is 12.3 Å². The van der Waals surface area contributed by atoms with Crippen LogP contribution >= 0.6 is 0 Å². The third-order valence-electron chi connectivity index (χ3n) is 10.6. The number of amides is 3. The number of benzene rings is 5. The predicted octanol–water partition coefficient (Wildman–Crippen LogP) is 7.84. The molecule has 7 rings (SSSR count). The number of piperidine rings is 1. The van der Waals surface area contributed by atoms with Crippen LogP contribution in [0.4, 0.5) is 11.4 Å². The van der Waals surface area contributed by atoms with E-state index in [1.165, 1.54) is 0 Å². The summed E-state index contributed by atoms with van der Waals surface area (Å²) >= 11 is 0. The Hall–Kier alpha value is -6.52. The van der Waals surface area contributed by atoms with E-state index in [4.69, 9.17) is 0 Å². The van der Waals surface area contributed by atoms with Gasteiger partial charge in [0, 0.05) is 40.9 Å². The molecule has 1 saturated heterocycles. The molecule has 10 nitrogen and oxygen atoms in total. The third kappa shape index (κ3) is 9.53. The van der Waals surface area contributed by atoms with Crippen molar-refractivity contribution in [2.24, 2.45) is 0 Å². The molecule has 1 fully saturated rings. The van der Waals surface area contributed by atoms with Gasteiger partial charge < -0.3 is 30.5 Å². The fourth-order valence-electron chi connectivity index (χ4n) is 7.71. The van der Waals surface area contributed by atoms with Crippen LogP contribution in [0.5, 0.6) is 0 Å². The highest BCUT2D eigenvalue weighted by Crippen LogP contribution is 2.35. The number of nitrogens with one attached hydrogen (secondary N) is 3. The standard InChI is InChI=1S/C48H49N5O5/c1-2-27-52(43(55)29-33-14-6-3-7-15-33)32-42(54)49-37-23-21-35(22-24-37)46-45(47(57)36-18-10-5-11-19-36)39-31-38(25-26-40(39)51-46)50-48(58)41-20-12-13-28-53(41)44(56)30-34-16-8-4-9-17-34/h3-11,14-19,21-26,31,41-42,49,51,54H,2,12-13,20,27-30,32H2,1H3,(H,50,58). The van der Waals surface area contributed by atoms with Crippen LogP contribution in [0.25, 0.3) is 22.2 Å². The van der Waals surface area contributed by atoms with E-state index >= 15 is 0 Å². The number of carbonyl (C=O) groups excluding carboxylic acids is 4. The Kier molecular flexibility index (Phi) is 12.7. The van der Waals surface area contributed by atoms with Gasteiger partial charge in [0.15, 0.2) is 5.78 Å². The van der Waals surface area contributed by atoms with Crippen LogP contribution in [0.15, 0.2) is 133 Å². The molecule has 3 amide bonds. The zero-order valence-corrected chi connectivity index (χ0v) is 32.7. The number of H-pyrrole nitrogens is 1. The van der Waals surface area contributed by atoms with Crippen LogP contribution in [0.2, 0.25) is 0 Å². The predicted molar refractivity (Wildman–Crippen MR) is 228 cm³/mol. The van der Waals surface area contributed by atoms with Gasteiger partial charge in [-0.1, -0.05) is 110 Å². The number of aliphatic hydroxyl groups excluding tert-OH is 1. The number of hydrogen-bond acceptors (Lipinski definition) is 6. The minimum atomic E-state index is -1.00. The van der Waals surface area contributed by atoms with Gasteiger partial charge in [0.05, 0.1) is 30.6 Å². The first kappa shape index (κ1) is 39.7. The summed E-state index contributed by atoms with van der Waals surface area (Å²) in [5, 5.41) is 17.8. The summed E-state index contributed by atoms with van der Waals surface area (Å²) in [6, 6.07) is 40.5. The van der Waals surface area contributed by atoms with Crippen LogP contribution < -0.4 is 10.6 Å². The Labute approximate surface area is 338 Å². The maximum atomic E-state index is 14.3.